The van der Waals surface area contributed by atoms with Gasteiger partial charge in [-0.15, -0.1) is 0 Å². The first-order valence-corrected chi connectivity index (χ1v) is 8.26. The third-order valence-corrected chi connectivity index (χ3v) is 4.58. The highest BCUT2D eigenvalue weighted by molar-refractivity contribution is 9.10. The number of benzene rings is 1. The summed E-state index contributed by atoms with van der Waals surface area (Å²) in [5.41, 5.74) is 0.914. The van der Waals surface area contributed by atoms with Gasteiger partial charge >= 0.3 is 6.03 Å². The minimum absolute atomic E-state index is 0.105. The molecule has 1 aliphatic heterocycles. The molecule has 1 aromatic rings. The van der Waals surface area contributed by atoms with Crippen molar-refractivity contribution in [2.24, 2.45) is 0 Å². The number of nitrogens with one attached hydrogen (secondary N) is 3. The predicted octanol–water partition coefficient (Wildman–Crippen LogP) is 2.30. The van der Waals surface area contributed by atoms with Crippen LogP contribution in [0, 0.1) is 0 Å². The van der Waals surface area contributed by atoms with E-state index in [9.17, 15) is 9.59 Å². The van der Waals surface area contributed by atoms with Crippen LogP contribution >= 0.6 is 15.9 Å². The molecule has 0 unspecified atom stereocenters. The van der Waals surface area contributed by atoms with E-state index in [0.29, 0.717) is 19.5 Å². The van der Waals surface area contributed by atoms with Gasteiger partial charge in [0.25, 0.3) is 0 Å². The lowest BCUT2D eigenvalue weighted by molar-refractivity contribution is -0.124. The summed E-state index contributed by atoms with van der Waals surface area (Å²) in [6.45, 7) is 5.31. The molecule has 1 atom stereocenters. The summed E-state index contributed by atoms with van der Waals surface area (Å²) in [6, 6.07) is 7.24. The number of piperidine rings is 1. The van der Waals surface area contributed by atoms with Gasteiger partial charge in [-0.1, -0.05) is 48.0 Å². The Balaban J connectivity index is 1.90. The fourth-order valence-electron chi connectivity index (χ4n) is 2.53. The summed E-state index contributed by atoms with van der Waals surface area (Å²) in [4.78, 5) is 23.6. The van der Waals surface area contributed by atoms with Gasteiger partial charge in [-0.25, -0.2) is 4.79 Å². The molecule has 5 nitrogen and oxygen atoms in total. The van der Waals surface area contributed by atoms with Crippen LogP contribution in [0.3, 0.4) is 0 Å². The molecule has 0 bridgehead atoms. The third-order valence-electron chi connectivity index (χ3n) is 3.88. The van der Waals surface area contributed by atoms with E-state index in [1.807, 2.05) is 24.3 Å². The number of rotatable bonds is 4. The first kappa shape index (κ1) is 16.8. The van der Waals surface area contributed by atoms with Gasteiger partial charge in [0.2, 0.25) is 5.91 Å². The van der Waals surface area contributed by atoms with Gasteiger partial charge in [0.15, 0.2) is 0 Å². The highest BCUT2D eigenvalue weighted by atomic mass is 79.9. The summed E-state index contributed by atoms with van der Waals surface area (Å²) in [5.74, 6) is -0.105. The lowest BCUT2D eigenvalue weighted by atomic mass is 9.84. The Morgan fingerprint density at radius 1 is 1.41 bits per heavy atom. The number of hydrogen-bond donors (Lipinski definition) is 3. The van der Waals surface area contributed by atoms with Gasteiger partial charge in [-0.05, 0) is 24.5 Å². The molecule has 0 saturated carbocycles. The van der Waals surface area contributed by atoms with Gasteiger partial charge in [-0.2, -0.15) is 0 Å². The van der Waals surface area contributed by atoms with E-state index in [0.717, 1.165) is 16.5 Å². The largest absolute Gasteiger partial charge is 0.354 e. The Labute approximate surface area is 139 Å². The molecule has 2 rings (SSSR count). The maximum absolute atomic E-state index is 12.0. The van der Waals surface area contributed by atoms with E-state index < -0.39 is 6.04 Å². The number of urea groups is 1. The average molecular weight is 368 g/mol. The molecular formula is C16H22BrN3O2. The van der Waals surface area contributed by atoms with Crippen LogP contribution in [0.4, 0.5) is 4.79 Å². The van der Waals surface area contributed by atoms with Crippen LogP contribution < -0.4 is 16.0 Å². The van der Waals surface area contributed by atoms with E-state index in [4.69, 9.17) is 0 Å². The summed E-state index contributed by atoms with van der Waals surface area (Å²) in [5, 5.41) is 8.35. The van der Waals surface area contributed by atoms with Crippen molar-refractivity contribution in [3.8, 4) is 0 Å². The summed E-state index contributed by atoms with van der Waals surface area (Å²) < 4.78 is 1.02. The van der Waals surface area contributed by atoms with Crippen molar-refractivity contribution in [1.29, 1.82) is 0 Å². The molecule has 1 saturated heterocycles. The molecule has 3 N–H and O–H groups in total. The van der Waals surface area contributed by atoms with E-state index in [1.54, 1.807) is 0 Å². The Hall–Kier alpha value is -1.56. The normalized spacial score (nSPS) is 18.5. The molecule has 0 aliphatic carbocycles. The maximum Gasteiger partial charge on any atom is 0.315 e. The molecule has 0 aromatic heterocycles. The van der Waals surface area contributed by atoms with Gasteiger partial charge in [0.05, 0.1) is 0 Å². The highest BCUT2D eigenvalue weighted by Gasteiger charge is 2.26. The zero-order valence-electron chi connectivity index (χ0n) is 12.9. The van der Waals surface area contributed by atoms with Crippen molar-refractivity contribution in [2.75, 3.05) is 13.1 Å². The molecule has 1 heterocycles. The maximum atomic E-state index is 12.0. The fraction of sp³-hybridized carbons (Fsp3) is 0.500. The summed E-state index contributed by atoms with van der Waals surface area (Å²) >= 11 is 3.55. The van der Waals surface area contributed by atoms with Crippen molar-refractivity contribution in [1.82, 2.24) is 16.0 Å². The Morgan fingerprint density at radius 3 is 2.82 bits per heavy atom. The average Bonchev–Trinajstić information content (AvgIpc) is 2.48. The lowest BCUT2D eigenvalue weighted by Gasteiger charge is -2.28. The van der Waals surface area contributed by atoms with Crippen LogP contribution in [0.1, 0.15) is 32.3 Å². The number of carbonyl (C=O) groups excluding carboxylic acids is 2. The highest BCUT2D eigenvalue weighted by Crippen LogP contribution is 2.29. The minimum atomic E-state index is -0.430. The van der Waals surface area contributed by atoms with Crippen molar-refractivity contribution in [3.05, 3.63) is 34.3 Å². The second kappa shape index (κ2) is 7.13. The molecule has 1 fully saturated rings. The molecule has 22 heavy (non-hydrogen) atoms. The number of hydrogen-bond acceptors (Lipinski definition) is 2. The van der Waals surface area contributed by atoms with Crippen molar-refractivity contribution < 1.29 is 9.59 Å². The molecule has 0 spiro atoms. The van der Waals surface area contributed by atoms with Gasteiger partial charge < -0.3 is 16.0 Å². The number of amides is 3. The second-order valence-electron chi connectivity index (χ2n) is 6.18. The Morgan fingerprint density at radius 2 is 2.14 bits per heavy atom. The number of halogens is 1. The SMILES string of the molecule is CC(C)(CNC(=O)N[C@H]1CCCNC1=O)c1ccccc1Br. The van der Waals surface area contributed by atoms with Crippen LogP contribution in [0.25, 0.3) is 0 Å². The van der Waals surface area contributed by atoms with Crippen molar-refractivity contribution >= 4 is 27.9 Å². The van der Waals surface area contributed by atoms with Gasteiger partial charge in [-0.3, -0.25) is 4.79 Å². The van der Waals surface area contributed by atoms with Crippen LogP contribution in [-0.4, -0.2) is 31.1 Å². The van der Waals surface area contributed by atoms with Crippen molar-refractivity contribution in [3.63, 3.8) is 0 Å². The smallest absolute Gasteiger partial charge is 0.315 e. The monoisotopic (exact) mass is 367 g/mol. The third kappa shape index (κ3) is 4.22. The molecule has 6 heteroatoms. The van der Waals surface area contributed by atoms with Crippen LogP contribution in [0.15, 0.2) is 28.7 Å². The van der Waals surface area contributed by atoms with Gasteiger partial charge in [0, 0.05) is 23.0 Å². The first-order chi connectivity index (χ1) is 10.4. The van der Waals surface area contributed by atoms with Crippen LogP contribution in [0.2, 0.25) is 0 Å². The summed E-state index contributed by atoms with van der Waals surface area (Å²) in [6.07, 6.45) is 1.58. The molecular weight excluding hydrogens is 346 g/mol. The molecule has 0 radical (unpaired) electrons. The second-order valence-corrected chi connectivity index (χ2v) is 7.03. The summed E-state index contributed by atoms with van der Waals surface area (Å²) in [7, 11) is 0. The van der Waals surface area contributed by atoms with E-state index in [2.05, 4.69) is 45.7 Å². The molecule has 3 amide bonds. The van der Waals surface area contributed by atoms with Crippen LogP contribution in [-0.2, 0) is 10.2 Å². The van der Waals surface area contributed by atoms with E-state index in [-0.39, 0.29) is 17.4 Å². The number of carbonyl (C=O) groups is 2. The Kier molecular flexibility index (Phi) is 5.45. The van der Waals surface area contributed by atoms with Gasteiger partial charge in [0.1, 0.15) is 6.04 Å². The van der Waals surface area contributed by atoms with Crippen LogP contribution in [0.5, 0.6) is 0 Å². The zero-order valence-corrected chi connectivity index (χ0v) is 14.5. The lowest BCUT2D eigenvalue weighted by Crippen LogP contribution is -2.53. The first-order valence-electron chi connectivity index (χ1n) is 7.47. The Bertz CT molecular complexity index is 560. The minimum Gasteiger partial charge on any atom is -0.354 e. The standard InChI is InChI=1S/C16H22BrN3O2/c1-16(2,11-6-3-4-7-12(11)17)10-19-15(22)20-13-8-5-9-18-14(13)21/h3-4,6-7,13H,5,8-10H2,1-2H3,(H,18,21)(H2,19,20,22)/t13-/m0/s1. The predicted molar refractivity (Wildman–Crippen MR) is 89.7 cm³/mol. The fourth-order valence-corrected chi connectivity index (χ4v) is 3.35. The molecule has 1 aromatic carbocycles. The van der Waals surface area contributed by atoms with Crippen molar-refractivity contribution in [2.45, 2.75) is 38.1 Å². The molecule has 120 valence electrons. The van der Waals surface area contributed by atoms with E-state index in [1.165, 1.54) is 0 Å². The molecule has 1 aliphatic rings. The quantitative estimate of drug-likeness (QED) is 0.763. The van der Waals surface area contributed by atoms with E-state index >= 15 is 0 Å². The topological polar surface area (TPSA) is 70.2 Å². The zero-order chi connectivity index (χ0) is 16.2.